The van der Waals surface area contributed by atoms with Crippen LogP contribution in [0.15, 0.2) is 30.5 Å². The predicted octanol–water partition coefficient (Wildman–Crippen LogP) is 5.30. The second-order valence-corrected chi connectivity index (χ2v) is 8.58. The maximum atomic E-state index is 12.4. The fraction of sp³-hybridized carbons (Fsp3) is 0.364. The smallest absolute Gasteiger partial charge is 0.411 e. The number of nitrogens with one attached hydrogen (secondary N) is 3. The van der Waals surface area contributed by atoms with Crippen LogP contribution in [0.3, 0.4) is 0 Å². The summed E-state index contributed by atoms with van der Waals surface area (Å²) in [6.45, 7) is 1.85. The summed E-state index contributed by atoms with van der Waals surface area (Å²) in [6, 6.07) is 7.44. The zero-order valence-electron chi connectivity index (χ0n) is 17.5. The van der Waals surface area contributed by atoms with E-state index in [1.807, 2.05) is 31.2 Å². The number of rotatable bonds is 4. The van der Waals surface area contributed by atoms with Gasteiger partial charge in [-0.1, -0.05) is 23.8 Å². The van der Waals surface area contributed by atoms with Crippen LogP contribution in [0.25, 0.3) is 21.3 Å². The number of amides is 3. The fourth-order valence-corrected chi connectivity index (χ4v) is 4.51. The number of nitrogens with zero attached hydrogens (tertiary/aromatic N) is 2. The zero-order chi connectivity index (χ0) is 21.8. The first-order valence-corrected chi connectivity index (χ1v) is 11.2. The molecule has 3 amide bonds. The lowest BCUT2D eigenvalue weighted by atomic mass is 9.98. The number of thiazole rings is 1. The standard InChI is InChI=1S/C22H25N5O3S/c1-13-18(26-22(29)30-16-6-4-3-5-7-16)10-15(12-24-13)14-8-9-17-19(11-14)31-21(25-17)27-20(28)23-2/h8-12,16H,3-7H2,1-2H3,(H,26,29)(H2,23,25,27,28). The predicted molar refractivity (Wildman–Crippen MR) is 123 cm³/mol. The summed E-state index contributed by atoms with van der Waals surface area (Å²) in [7, 11) is 1.56. The number of anilines is 2. The van der Waals surface area contributed by atoms with Gasteiger partial charge in [-0.05, 0) is 56.4 Å². The Labute approximate surface area is 184 Å². The lowest BCUT2D eigenvalue weighted by Gasteiger charge is -2.22. The van der Waals surface area contributed by atoms with E-state index in [-0.39, 0.29) is 12.1 Å². The highest BCUT2D eigenvalue weighted by Gasteiger charge is 2.18. The number of aromatic nitrogens is 2. The second-order valence-electron chi connectivity index (χ2n) is 7.55. The number of pyridine rings is 1. The Morgan fingerprint density at radius 3 is 2.68 bits per heavy atom. The number of ether oxygens (including phenoxy) is 1. The van der Waals surface area contributed by atoms with Crippen LogP contribution in [0.1, 0.15) is 37.8 Å². The highest BCUT2D eigenvalue weighted by molar-refractivity contribution is 7.22. The van der Waals surface area contributed by atoms with Crippen molar-refractivity contribution in [2.24, 2.45) is 0 Å². The van der Waals surface area contributed by atoms with Crippen LogP contribution in [0.2, 0.25) is 0 Å². The van der Waals surface area contributed by atoms with E-state index in [2.05, 4.69) is 25.9 Å². The molecule has 162 valence electrons. The van der Waals surface area contributed by atoms with Crippen LogP contribution in [-0.4, -0.2) is 35.2 Å². The third-order valence-electron chi connectivity index (χ3n) is 5.32. The van der Waals surface area contributed by atoms with Crippen LogP contribution in [-0.2, 0) is 4.74 Å². The number of urea groups is 1. The van der Waals surface area contributed by atoms with E-state index in [1.165, 1.54) is 17.8 Å². The number of carbonyl (C=O) groups excluding carboxylic acids is 2. The van der Waals surface area contributed by atoms with Gasteiger partial charge in [0.1, 0.15) is 6.10 Å². The largest absolute Gasteiger partial charge is 0.446 e. The average molecular weight is 440 g/mol. The summed E-state index contributed by atoms with van der Waals surface area (Å²) in [4.78, 5) is 32.7. The van der Waals surface area contributed by atoms with Gasteiger partial charge in [0.25, 0.3) is 0 Å². The Kier molecular flexibility index (Phi) is 6.31. The molecule has 0 saturated heterocycles. The molecule has 31 heavy (non-hydrogen) atoms. The molecule has 0 radical (unpaired) electrons. The lowest BCUT2D eigenvalue weighted by molar-refractivity contribution is 0.0865. The highest BCUT2D eigenvalue weighted by atomic mass is 32.1. The molecule has 1 saturated carbocycles. The molecule has 2 aromatic heterocycles. The van der Waals surface area contributed by atoms with Gasteiger partial charge in [-0.15, -0.1) is 0 Å². The van der Waals surface area contributed by atoms with Gasteiger partial charge >= 0.3 is 12.1 Å². The van der Waals surface area contributed by atoms with E-state index in [1.54, 1.807) is 13.2 Å². The second kappa shape index (κ2) is 9.30. The molecule has 1 aliphatic rings. The van der Waals surface area contributed by atoms with Crippen LogP contribution < -0.4 is 16.0 Å². The third-order valence-corrected chi connectivity index (χ3v) is 6.25. The molecule has 1 fully saturated rings. The molecular formula is C22H25N5O3S. The normalized spacial score (nSPS) is 14.3. The van der Waals surface area contributed by atoms with Crippen molar-refractivity contribution in [3.05, 3.63) is 36.2 Å². The molecule has 1 aliphatic carbocycles. The Balaban J connectivity index is 1.52. The van der Waals surface area contributed by atoms with Crippen molar-refractivity contribution in [2.75, 3.05) is 17.7 Å². The number of benzene rings is 1. The van der Waals surface area contributed by atoms with Crippen molar-refractivity contribution in [3.63, 3.8) is 0 Å². The van der Waals surface area contributed by atoms with Gasteiger partial charge in [-0.2, -0.15) is 0 Å². The Morgan fingerprint density at radius 1 is 1.10 bits per heavy atom. The van der Waals surface area contributed by atoms with Gasteiger partial charge in [0.15, 0.2) is 5.13 Å². The van der Waals surface area contributed by atoms with E-state index in [0.717, 1.165) is 52.7 Å². The van der Waals surface area contributed by atoms with Gasteiger partial charge in [0, 0.05) is 18.8 Å². The van der Waals surface area contributed by atoms with Crippen molar-refractivity contribution in [1.82, 2.24) is 15.3 Å². The molecule has 8 nitrogen and oxygen atoms in total. The molecule has 1 aromatic carbocycles. The minimum absolute atomic E-state index is 0.00321. The van der Waals surface area contributed by atoms with Crippen molar-refractivity contribution >= 4 is 44.5 Å². The molecule has 2 heterocycles. The third kappa shape index (κ3) is 5.11. The Hall–Kier alpha value is -3.20. The highest BCUT2D eigenvalue weighted by Crippen LogP contribution is 2.31. The summed E-state index contributed by atoms with van der Waals surface area (Å²) < 4.78 is 6.51. The quantitative estimate of drug-likeness (QED) is 0.512. The number of hydrogen-bond acceptors (Lipinski definition) is 6. The molecule has 0 bridgehead atoms. The minimum Gasteiger partial charge on any atom is -0.446 e. The molecular weight excluding hydrogens is 414 g/mol. The van der Waals surface area contributed by atoms with Gasteiger partial charge in [0.2, 0.25) is 0 Å². The summed E-state index contributed by atoms with van der Waals surface area (Å²) in [6.07, 6.45) is 6.61. The van der Waals surface area contributed by atoms with Crippen molar-refractivity contribution < 1.29 is 14.3 Å². The first kappa shape index (κ1) is 21.0. The SMILES string of the molecule is CNC(=O)Nc1nc2ccc(-c3cnc(C)c(NC(=O)OC4CCCCC4)c3)cc2s1. The number of hydrogen-bond donors (Lipinski definition) is 3. The van der Waals surface area contributed by atoms with Gasteiger partial charge in [-0.3, -0.25) is 15.6 Å². The van der Waals surface area contributed by atoms with E-state index in [9.17, 15) is 9.59 Å². The molecule has 3 aromatic rings. The molecule has 0 spiro atoms. The molecule has 0 atom stereocenters. The first-order valence-electron chi connectivity index (χ1n) is 10.4. The van der Waals surface area contributed by atoms with E-state index in [4.69, 9.17) is 4.74 Å². The van der Waals surface area contributed by atoms with E-state index >= 15 is 0 Å². The van der Waals surface area contributed by atoms with E-state index < -0.39 is 6.09 Å². The Bertz CT molecular complexity index is 1110. The first-order chi connectivity index (χ1) is 15.0. The van der Waals surface area contributed by atoms with Gasteiger partial charge in [0.05, 0.1) is 21.6 Å². The molecule has 0 unspecified atom stereocenters. The van der Waals surface area contributed by atoms with Crippen LogP contribution in [0, 0.1) is 6.92 Å². The van der Waals surface area contributed by atoms with Crippen molar-refractivity contribution in [2.45, 2.75) is 45.1 Å². The number of aryl methyl sites for hydroxylation is 1. The van der Waals surface area contributed by atoms with Crippen LogP contribution in [0.5, 0.6) is 0 Å². The summed E-state index contributed by atoms with van der Waals surface area (Å²) in [5.41, 5.74) is 3.97. The maximum Gasteiger partial charge on any atom is 0.411 e. The summed E-state index contributed by atoms with van der Waals surface area (Å²) >= 11 is 1.39. The molecule has 4 rings (SSSR count). The summed E-state index contributed by atoms with van der Waals surface area (Å²) in [5.74, 6) is 0. The molecule has 9 heteroatoms. The number of carbonyl (C=O) groups is 2. The number of fused-ring (bicyclic) bond motifs is 1. The minimum atomic E-state index is -0.434. The monoisotopic (exact) mass is 439 g/mol. The van der Waals surface area contributed by atoms with Crippen molar-refractivity contribution in [3.8, 4) is 11.1 Å². The van der Waals surface area contributed by atoms with E-state index in [0.29, 0.717) is 10.8 Å². The van der Waals surface area contributed by atoms with Gasteiger partial charge in [-0.25, -0.2) is 14.6 Å². The average Bonchev–Trinajstić information content (AvgIpc) is 3.17. The fourth-order valence-electron chi connectivity index (χ4n) is 3.61. The topological polar surface area (TPSA) is 105 Å². The maximum absolute atomic E-state index is 12.4. The van der Waals surface area contributed by atoms with Crippen LogP contribution >= 0.6 is 11.3 Å². The van der Waals surface area contributed by atoms with Gasteiger partial charge < -0.3 is 10.1 Å². The van der Waals surface area contributed by atoms with Crippen LogP contribution in [0.4, 0.5) is 20.4 Å². The summed E-state index contributed by atoms with van der Waals surface area (Å²) in [5, 5.41) is 8.58. The zero-order valence-corrected chi connectivity index (χ0v) is 18.3. The molecule has 0 aliphatic heterocycles. The molecule has 3 N–H and O–H groups in total. The lowest BCUT2D eigenvalue weighted by Crippen LogP contribution is -2.24. The Morgan fingerprint density at radius 2 is 1.90 bits per heavy atom. The van der Waals surface area contributed by atoms with Crippen molar-refractivity contribution in [1.29, 1.82) is 0 Å².